The van der Waals surface area contributed by atoms with Gasteiger partial charge in [0.05, 0.1) is 18.4 Å². The lowest BCUT2D eigenvalue weighted by atomic mass is 10.1. The van der Waals surface area contributed by atoms with Crippen molar-refractivity contribution in [3.05, 3.63) is 53.5 Å². The molecule has 3 rings (SSSR count). The van der Waals surface area contributed by atoms with Crippen molar-refractivity contribution in [3.63, 3.8) is 0 Å². The predicted octanol–water partition coefficient (Wildman–Crippen LogP) is 2.98. The van der Waals surface area contributed by atoms with Crippen molar-refractivity contribution in [1.82, 2.24) is 5.32 Å². The number of carbonyl (C=O) groups excluding carboxylic acids is 1. The Morgan fingerprint density at radius 1 is 1.38 bits per heavy atom. The fourth-order valence-electron chi connectivity index (χ4n) is 2.95. The normalized spacial score (nSPS) is 16.9. The molecule has 4 nitrogen and oxygen atoms in total. The van der Waals surface area contributed by atoms with Gasteiger partial charge in [-0.2, -0.15) is 0 Å². The van der Waals surface area contributed by atoms with Gasteiger partial charge in [-0.05, 0) is 38.0 Å². The molecule has 1 atom stereocenters. The third kappa shape index (κ3) is 2.53. The van der Waals surface area contributed by atoms with E-state index in [4.69, 9.17) is 4.42 Å². The molecule has 0 spiro atoms. The van der Waals surface area contributed by atoms with E-state index in [-0.39, 0.29) is 5.91 Å². The van der Waals surface area contributed by atoms with Gasteiger partial charge in [-0.3, -0.25) is 4.79 Å². The Bertz CT molecular complexity index is 648. The van der Waals surface area contributed by atoms with E-state index in [1.807, 2.05) is 6.92 Å². The van der Waals surface area contributed by atoms with Crippen molar-refractivity contribution >= 4 is 11.6 Å². The molecule has 0 unspecified atom stereocenters. The number of carbonyl (C=O) groups is 1. The maximum atomic E-state index is 12.0. The number of hydrogen-bond donors (Lipinski definition) is 1. The second-order valence-corrected chi connectivity index (χ2v) is 5.43. The van der Waals surface area contributed by atoms with Gasteiger partial charge in [0.15, 0.2) is 0 Å². The quantitative estimate of drug-likeness (QED) is 0.938. The summed E-state index contributed by atoms with van der Waals surface area (Å²) in [5.41, 5.74) is 3.23. The highest BCUT2D eigenvalue weighted by atomic mass is 16.3. The Morgan fingerprint density at radius 2 is 2.19 bits per heavy atom. The van der Waals surface area contributed by atoms with Crippen LogP contribution in [0.2, 0.25) is 0 Å². The molecule has 0 saturated heterocycles. The number of benzene rings is 1. The summed E-state index contributed by atoms with van der Waals surface area (Å²) in [6.07, 6.45) is 2.62. The molecule has 21 heavy (non-hydrogen) atoms. The standard InChI is InChI=1S/C17H20N2O2/c1-3-18-17(20)14-8-9-21-16(14)11-19-12(2)10-13-6-4-5-7-15(13)19/h4-9,12H,3,10-11H2,1-2H3,(H,18,20)/t12-/m0/s1. The van der Waals surface area contributed by atoms with Crippen molar-refractivity contribution in [2.75, 3.05) is 11.4 Å². The van der Waals surface area contributed by atoms with Crippen LogP contribution in [0.3, 0.4) is 0 Å². The number of para-hydroxylation sites is 1. The molecule has 110 valence electrons. The zero-order valence-corrected chi connectivity index (χ0v) is 12.4. The molecule has 4 heteroatoms. The fourth-order valence-corrected chi connectivity index (χ4v) is 2.95. The summed E-state index contributed by atoms with van der Waals surface area (Å²) in [6, 6.07) is 10.6. The maximum absolute atomic E-state index is 12.0. The minimum atomic E-state index is -0.0682. The topological polar surface area (TPSA) is 45.5 Å². The maximum Gasteiger partial charge on any atom is 0.254 e. The van der Waals surface area contributed by atoms with Gasteiger partial charge in [0.25, 0.3) is 5.91 Å². The third-order valence-corrected chi connectivity index (χ3v) is 3.99. The zero-order valence-electron chi connectivity index (χ0n) is 12.4. The number of fused-ring (bicyclic) bond motifs is 1. The lowest BCUT2D eigenvalue weighted by molar-refractivity contribution is 0.0954. The Hall–Kier alpha value is -2.23. The van der Waals surface area contributed by atoms with E-state index in [0.717, 1.165) is 12.2 Å². The monoisotopic (exact) mass is 284 g/mol. The van der Waals surface area contributed by atoms with Crippen LogP contribution < -0.4 is 10.2 Å². The molecule has 0 fully saturated rings. The smallest absolute Gasteiger partial charge is 0.254 e. The SMILES string of the molecule is CCNC(=O)c1ccoc1CN1c2ccccc2C[C@@H]1C. The van der Waals surface area contributed by atoms with Crippen molar-refractivity contribution in [2.45, 2.75) is 32.9 Å². The molecule has 1 aromatic carbocycles. The van der Waals surface area contributed by atoms with Crippen LogP contribution in [-0.2, 0) is 13.0 Å². The van der Waals surface area contributed by atoms with Crippen molar-refractivity contribution in [2.24, 2.45) is 0 Å². The van der Waals surface area contributed by atoms with Crippen LogP contribution in [0.5, 0.6) is 0 Å². The van der Waals surface area contributed by atoms with Gasteiger partial charge in [-0.25, -0.2) is 0 Å². The van der Waals surface area contributed by atoms with Gasteiger partial charge in [-0.15, -0.1) is 0 Å². The first-order chi connectivity index (χ1) is 10.2. The summed E-state index contributed by atoms with van der Waals surface area (Å²) in [6.45, 7) is 5.36. The highest BCUT2D eigenvalue weighted by Crippen LogP contribution is 2.33. The molecule has 1 aromatic heterocycles. The first-order valence-corrected chi connectivity index (χ1v) is 7.39. The van der Waals surface area contributed by atoms with E-state index in [9.17, 15) is 4.79 Å². The van der Waals surface area contributed by atoms with Gasteiger partial charge in [-0.1, -0.05) is 18.2 Å². The minimum Gasteiger partial charge on any atom is -0.467 e. The number of hydrogen-bond acceptors (Lipinski definition) is 3. The summed E-state index contributed by atoms with van der Waals surface area (Å²) >= 11 is 0. The largest absolute Gasteiger partial charge is 0.467 e. The number of nitrogens with one attached hydrogen (secondary N) is 1. The fraction of sp³-hybridized carbons (Fsp3) is 0.353. The van der Waals surface area contributed by atoms with E-state index < -0.39 is 0 Å². The molecule has 2 aromatic rings. The first kappa shape index (κ1) is 13.7. The molecule has 1 aliphatic heterocycles. The first-order valence-electron chi connectivity index (χ1n) is 7.39. The zero-order chi connectivity index (χ0) is 14.8. The van der Waals surface area contributed by atoms with E-state index in [0.29, 0.717) is 24.7 Å². The minimum absolute atomic E-state index is 0.0682. The molecule has 0 bridgehead atoms. The molecule has 0 aliphatic carbocycles. The predicted molar refractivity (Wildman–Crippen MR) is 82.5 cm³/mol. The van der Waals surface area contributed by atoms with Crippen LogP contribution >= 0.6 is 0 Å². The molecule has 1 N–H and O–H groups in total. The number of rotatable bonds is 4. The van der Waals surface area contributed by atoms with Crippen molar-refractivity contribution < 1.29 is 9.21 Å². The second-order valence-electron chi connectivity index (χ2n) is 5.43. The van der Waals surface area contributed by atoms with E-state index in [1.165, 1.54) is 11.3 Å². The molecule has 2 heterocycles. The van der Waals surface area contributed by atoms with E-state index in [2.05, 4.69) is 41.4 Å². The molecular weight excluding hydrogens is 264 g/mol. The summed E-state index contributed by atoms with van der Waals surface area (Å²) < 4.78 is 5.55. The van der Waals surface area contributed by atoms with Gasteiger partial charge in [0, 0.05) is 18.3 Å². The molecule has 0 radical (unpaired) electrons. The molecule has 1 amide bonds. The van der Waals surface area contributed by atoms with Gasteiger partial charge < -0.3 is 14.6 Å². The van der Waals surface area contributed by atoms with Gasteiger partial charge >= 0.3 is 0 Å². The lowest BCUT2D eigenvalue weighted by Gasteiger charge is -2.24. The Morgan fingerprint density at radius 3 is 3.00 bits per heavy atom. The third-order valence-electron chi connectivity index (χ3n) is 3.99. The lowest BCUT2D eigenvalue weighted by Crippen LogP contribution is -2.30. The second kappa shape index (κ2) is 5.64. The highest BCUT2D eigenvalue weighted by molar-refractivity contribution is 5.95. The van der Waals surface area contributed by atoms with Crippen LogP contribution in [0.25, 0.3) is 0 Å². The van der Waals surface area contributed by atoms with Crippen LogP contribution in [-0.4, -0.2) is 18.5 Å². The summed E-state index contributed by atoms with van der Waals surface area (Å²) in [7, 11) is 0. The van der Waals surface area contributed by atoms with Crippen LogP contribution in [0, 0.1) is 0 Å². The number of nitrogens with zero attached hydrogens (tertiary/aromatic N) is 1. The average Bonchev–Trinajstić information content (AvgIpc) is 3.05. The number of anilines is 1. The van der Waals surface area contributed by atoms with Gasteiger partial charge in [0.1, 0.15) is 5.76 Å². The van der Waals surface area contributed by atoms with Crippen LogP contribution in [0.15, 0.2) is 41.0 Å². The number of furan rings is 1. The van der Waals surface area contributed by atoms with Crippen molar-refractivity contribution in [1.29, 1.82) is 0 Å². The van der Waals surface area contributed by atoms with E-state index in [1.54, 1.807) is 12.3 Å². The Labute approximate surface area is 124 Å². The molecular formula is C17H20N2O2. The number of amides is 1. The van der Waals surface area contributed by atoms with E-state index >= 15 is 0 Å². The average molecular weight is 284 g/mol. The summed E-state index contributed by atoms with van der Waals surface area (Å²) in [4.78, 5) is 14.3. The van der Waals surface area contributed by atoms with Crippen molar-refractivity contribution in [3.8, 4) is 0 Å². The van der Waals surface area contributed by atoms with Crippen LogP contribution in [0.1, 0.15) is 35.5 Å². The summed E-state index contributed by atoms with van der Waals surface area (Å²) in [5.74, 6) is 0.658. The molecule has 1 aliphatic rings. The van der Waals surface area contributed by atoms with Gasteiger partial charge in [0.2, 0.25) is 0 Å². The molecule has 0 saturated carbocycles. The highest BCUT2D eigenvalue weighted by Gasteiger charge is 2.27. The Balaban J connectivity index is 1.85. The van der Waals surface area contributed by atoms with Crippen LogP contribution in [0.4, 0.5) is 5.69 Å². The summed E-state index contributed by atoms with van der Waals surface area (Å²) in [5, 5.41) is 2.83. The Kier molecular flexibility index (Phi) is 3.69.